The molecule has 0 bridgehead atoms. The van der Waals surface area contributed by atoms with Crippen LogP contribution in [-0.4, -0.2) is 78.5 Å². The fourth-order valence-corrected chi connectivity index (χ4v) is 3.99. The van der Waals surface area contributed by atoms with Crippen molar-refractivity contribution in [2.45, 2.75) is 39.2 Å². The zero-order valence-corrected chi connectivity index (χ0v) is 16.5. The SMILES string of the molecule is CCCN(CC)c1ccc(C(=O)N2CCCC(N3CCNCC3=O)C2)cn1. The van der Waals surface area contributed by atoms with Crippen LogP contribution in [0.3, 0.4) is 0 Å². The molecular formula is C20H31N5O2. The van der Waals surface area contributed by atoms with Gasteiger partial charge in [-0.15, -0.1) is 0 Å². The van der Waals surface area contributed by atoms with Crippen LogP contribution in [0, 0.1) is 0 Å². The van der Waals surface area contributed by atoms with Crippen molar-refractivity contribution in [3.63, 3.8) is 0 Å². The molecule has 1 aromatic heterocycles. The summed E-state index contributed by atoms with van der Waals surface area (Å²) in [6.45, 7) is 9.44. The molecule has 0 radical (unpaired) electrons. The van der Waals surface area contributed by atoms with Crippen LogP contribution in [0.4, 0.5) is 5.82 Å². The van der Waals surface area contributed by atoms with Gasteiger partial charge in [-0.1, -0.05) is 6.92 Å². The van der Waals surface area contributed by atoms with Gasteiger partial charge in [0.05, 0.1) is 12.1 Å². The molecule has 1 unspecified atom stereocenters. The summed E-state index contributed by atoms with van der Waals surface area (Å²) in [7, 11) is 0. The second-order valence-corrected chi connectivity index (χ2v) is 7.30. The van der Waals surface area contributed by atoms with Crippen molar-refractivity contribution < 1.29 is 9.59 Å². The molecule has 0 aliphatic carbocycles. The number of piperidine rings is 1. The van der Waals surface area contributed by atoms with E-state index in [-0.39, 0.29) is 17.9 Å². The van der Waals surface area contributed by atoms with Crippen molar-refractivity contribution in [1.29, 1.82) is 0 Å². The zero-order valence-electron chi connectivity index (χ0n) is 16.5. The maximum Gasteiger partial charge on any atom is 0.255 e. The van der Waals surface area contributed by atoms with Gasteiger partial charge < -0.3 is 20.0 Å². The summed E-state index contributed by atoms with van der Waals surface area (Å²) in [5, 5.41) is 3.11. The topological polar surface area (TPSA) is 68.8 Å². The van der Waals surface area contributed by atoms with Crippen LogP contribution in [0.5, 0.6) is 0 Å². The quantitative estimate of drug-likeness (QED) is 0.815. The van der Waals surface area contributed by atoms with E-state index < -0.39 is 0 Å². The molecule has 3 heterocycles. The van der Waals surface area contributed by atoms with Crippen LogP contribution in [-0.2, 0) is 4.79 Å². The third-order valence-electron chi connectivity index (χ3n) is 5.44. The Morgan fingerprint density at radius 3 is 2.85 bits per heavy atom. The Morgan fingerprint density at radius 2 is 2.19 bits per heavy atom. The first-order valence-corrected chi connectivity index (χ1v) is 10.1. The van der Waals surface area contributed by atoms with E-state index >= 15 is 0 Å². The third-order valence-corrected chi connectivity index (χ3v) is 5.44. The lowest BCUT2D eigenvalue weighted by molar-refractivity contribution is -0.135. The minimum Gasteiger partial charge on any atom is -0.357 e. The number of rotatable bonds is 6. The van der Waals surface area contributed by atoms with Gasteiger partial charge >= 0.3 is 0 Å². The Morgan fingerprint density at radius 1 is 1.33 bits per heavy atom. The Hall–Kier alpha value is -2.15. The molecule has 7 nitrogen and oxygen atoms in total. The predicted octanol–water partition coefficient (Wildman–Crippen LogP) is 1.35. The van der Waals surface area contributed by atoms with Crippen molar-refractivity contribution >= 4 is 17.6 Å². The van der Waals surface area contributed by atoms with E-state index in [1.54, 1.807) is 6.20 Å². The Kier molecular flexibility index (Phi) is 6.66. The maximum absolute atomic E-state index is 12.9. The predicted molar refractivity (Wildman–Crippen MR) is 106 cm³/mol. The highest BCUT2D eigenvalue weighted by atomic mass is 16.2. The minimum atomic E-state index is 0.0138. The normalized spacial score (nSPS) is 20.7. The largest absolute Gasteiger partial charge is 0.357 e. The molecule has 0 saturated carbocycles. The lowest BCUT2D eigenvalue weighted by atomic mass is 10.0. The Labute approximate surface area is 161 Å². The van der Waals surface area contributed by atoms with E-state index in [0.717, 1.165) is 57.8 Å². The van der Waals surface area contributed by atoms with E-state index in [0.29, 0.717) is 18.7 Å². The summed E-state index contributed by atoms with van der Waals surface area (Å²) in [5.41, 5.74) is 0.624. The number of nitrogens with one attached hydrogen (secondary N) is 1. The number of likely N-dealkylation sites (tertiary alicyclic amines) is 1. The summed E-state index contributed by atoms with van der Waals surface area (Å²) in [5.74, 6) is 1.07. The second kappa shape index (κ2) is 9.17. The van der Waals surface area contributed by atoms with Crippen LogP contribution in [0.15, 0.2) is 18.3 Å². The molecule has 2 fully saturated rings. The van der Waals surface area contributed by atoms with E-state index in [9.17, 15) is 9.59 Å². The standard InChI is InChI=1S/C20H31N5O2/c1-3-10-23(4-2)18-8-7-16(13-22-18)20(27)24-11-5-6-17(15-24)25-12-9-21-14-19(25)26/h7-8,13,17,21H,3-6,9-12,14-15H2,1-2H3. The Bertz CT molecular complexity index is 648. The highest BCUT2D eigenvalue weighted by Crippen LogP contribution is 2.20. The average molecular weight is 374 g/mol. The summed E-state index contributed by atoms with van der Waals surface area (Å²) in [6.07, 6.45) is 4.65. The number of carbonyl (C=O) groups is 2. The fraction of sp³-hybridized carbons (Fsp3) is 0.650. The van der Waals surface area contributed by atoms with Gasteiger partial charge in [-0.25, -0.2) is 4.98 Å². The van der Waals surface area contributed by atoms with Gasteiger partial charge in [0.1, 0.15) is 5.82 Å². The van der Waals surface area contributed by atoms with Gasteiger partial charge in [-0.05, 0) is 38.3 Å². The van der Waals surface area contributed by atoms with Crippen LogP contribution in [0.1, 0.15) is 43.5 Å². The van der Waals surface area contributed by atoms with Crippen LogP contribution in [0.25, 0.3) is 0 Å². The van der Waals surface area contributed by atoms with Crippen molar-refractivity contribution in [2.24, 2.45) is 0 Å². The molecule has 2 aliphatic rings. The second-order valence-electron chi connectivity index (χ2n) is 7.30. The van der Waals surface area contributed by atoms with Gasteiger partial charge in [-0.3, -0.25) is 9.59 Å². The van der Waals surface area contributed by atoms with E-state index in [1.807, 2.05) is 21.9 Å². The molecule has 0 aromatic carbocycles. The number of hydrogen-bond acceptors (Lipinski definition) is 5. The highest BCUT2D eigenvalue weighted by Gasteiger charge is 2.32. The van der Waals surface area contributed by atoms with Crippen LogP contribution in [0.2, 0.25) is 0 Å². The van der Waals surface area contributed by atoms with Crippen LogP contribution < -0.4 is 10.2 Å². The van der Waals surface area contributed by atoms with Crippen molar-refractivity contribution in [1.82, 2.24) is 20.1 Å². The van der Waals surface area contributed by atoms with Crippen molar-refractivity contribution in [2.75, 3.05) is 50.7 Å². The number of nitrogens with zero attached hydrogens (tertiary/aromatic N) is 4. The number of aromatic nitrogens is 1. The third kappa shape index (κ3) is 4.58. The summed E-state index contributed by atoms with van der Waals surface area (Å²) < 4.78 is 0. The van der Waals surface area contributed by atoms with Crippen molar-refractivity contribution in [3.8, 4) is 0 Å². The number of piperazine rings is 1. The molecule has 2 amide bonds. The zero-order chi connectivity index (χ0) is 19.2. The lowest BCUT2D eigenvalue weighted by Crippen LogP contribution is -2.57. The monoisotopic (exact) mass is 373 g/mol. The minimum absolute atomic E-state index is 0.0138. The van der Waals surface area contributed by atoms with E-state index in [1.165, 1.54) is 0 Å². The fourth-order valence-electron chi connectivity index (χ4n) is 3.99. The number of carbonyl (C=O) groups excluding carboxylic acids is 2. The molecule has 2 aliphatic heterocycles. The number of pyridine rings is 1. The number of hydrogen-bond donors (Lipinski definition) is 1. The van der Waals surface area contributed by atoms with Gasteiger partial charge in [0, 0.05) is 51.5 Å². The molecule has 1 atom stereocenters. The van der Waals surface area contributed by atoms with Gasteiger partial charge in [0.15, 0.2) is 0 Å². The molecule has 7 heteroatoms. The summed E-state index contributed by atoms with van der Waals surface area (Å²) in [4.78, 5) is 35.7. The van der Waals surface area contributed by atoms with E-state index in [4.69, 9.17) is 0 Å². The first kappa shape index (κ1) is 19.6. The molecule has 1 N–H and O–H groups in total. The summed E-state index contributed by atoms with van der Waals surface area (Å²) >= 11 is 0. The molecule has 148 valence electrons. The smallest absolute Gasteiger partial charge is 0.255 e. The molecule has 1 aromatic rings. The lowest BCUT2D eigenvalue weighted by Gasteiger charge is -2.41. The number of amides is 2. The van der Waals surface area contributed by atoms with Gasteiger partial charge in [0.2, 0.25) is 5.91 Å². The van der Waals surface area contributed by atoms with Gasteiger partial charge in [-0.2, -0.15) is 0 Å². The first-order chi connectivity index (χ1) is 13.1. The molecular weight excluding hydrogens is 342 g/mol. The molecule has 3 rings (SSSR count). The molecule has 0 spiro atoms. The highest BCUT2D eigenvalue weighted by molar-refractivity contribution is 5.94. The molecule has 27 heavy (non-hydrogen) atoms. The van der Waals surface area contributed by atoms with E-state index in [2.05, 4.69) is 29.0 Å². The van der Waals surface area contributed by atoms with Gasteiger partial charge in [0.25, 0.3) is 5.91 Å². The average Bonchev–Trinajstić information content (AvgIpc) is 2.72. The first-order valence-electron chi connectivity index (χ1n) is 10.1. The van der Waals surface area contributed by atoms with Crippen LogP contribution >= 0.6 is 0 Å². The summed E-state index contributed by atoms with van der Waals surface area (Å²) in [6, 6.07) is 3.95. The van der Waals surface area contributed by atoms with Crippen molar-refractivity contribution in [3.05, 3.63) is 23.9 Å². The maximum atomic E-state index is 12.9. The Balaban J connectivity index is 1.65. The molecule has 2 saturated heterocycles. The number of anilines is 1.